The van der Waals surface area contributed by atoms with Crippen LogP contribution in [0.25, 0.3) is 22.6 Å². The molecule has 0 aliphatic heterocycles. The molecule has 1 aromatic heterocycles. The normalized spacial score (nSPS) is 18.1. The van der Waals surface area contributed by atoms with Crippen LogP contribution in [0.3, 0.4) is 0 Å². The summed E-state index contributed by atoms with van der Waals surface area (Å²) in [4.78, 5) is 16.7. The first-order valence-corrected chi connectivity index (χ1v) is 9.27. The van der Waals surface area contributed by atoms with Crippen molar-refractivity contribution in [1.29, 1.82) is 0 Å². The molecule has 1 aliphatic carbocycles. The van der Waals surface area contributed by atoms with Gasteiger partial charge in [-0.15, -0.1) is 0 Å². The second kappa shape index (κ2) is 7.03. The monoisotopic (exact) mass is 397 g/mol. The highest BCUT2D eigenvalue weighted by Gasteiger charge is 2.31. The average Bonchev–Trinajstić information content (AvgIpc) is 2.65. The number of rotatable bonds is 2. The van der Waals surface area contributed by atoms with Crippen LogP contribution in [0.15, 0.2) is 48.5 Å². The van der Waals surface area contributed by atoms with Crippen molar-refractivity contribution in [3.8, 4) is 0 Å². The molecule has 1 N–H and O–H groups in total. The van der Waals surface area contributed by atoms with Gasteiger partial charge in [-0.25, -0.2) is 9.78 Å². The van der Waals surface area contributed by atoms with E-state index in [1.807, 2.05) is 6.92 Å². The van der Waals surface area contributed by atoms with Gasteiger partial charge in [0.25, 0.3) is 0 Å². The molecule has 0 saturated heterocycles. The number of para-hydroxylation sites is 1. The highest BCUT2D eigenvalue weighted by atomic mass is 19.4. The second-order valence-corrected chi connectivity index (χ2v) is 7.44. The smallest absolute Gasteiger partial charge is 0.416 e. The number of halogens is 3. The first kappa shape index (κ1) is 19.2. The number of nitrogens with zero attached hydrogens (tertiary/aromatic N) is 1. The highest BCUT2D eigenvalue weighted by molar-refractivity contribution is 6.05. The van der Waals surface area contributed by atoms with E-state index < -0.39 is 17.7 Å². The molecule has 0 spiro atoms. The minimum absolute atomic E-state index is 0.153. The number of allylic oxidation sites excluding steroid dienone is 1. The van der Waals surface area contributed by atoms with Crippen molar-refractivity contribution in [2.24, 2.45) is 5.92 Å². The van der Waals surface area contributed by atoms with Gasteiger partial charge >= 0.3 is 12.1 Å². The van der Waals surface area contributed by atoms with Crippen LogP contribution in [-0.2, 0) is 12.6 Å². The van der Waals surface area contributed by atoms with E-state index in [4.69, 9.17) is 0 Å². The van der Waals surface area contributed by atoms with E-state index in [1.165, 1.54) is 6.07 Å². The number of carboxylic acids is 1. The molecule has 148 valence electrons. The van der Waals surface area contributed by atoms with E-state index in [9.17, 15) is 23.1 Å². The van der Waals surface area contributed by atoms with Gasteiger partial charge in [-0.2, -0.15) is 13.2 Å². The third kappa shape index (κ3) is 3.62. The average molecular weight is 397 g/mol. The third-order valence-electron chi connectivity index (χ3n) is 5.19. The molecular weight excluding hydrogens is 379 g/mol. The Hall–Kier alpha value is -3.15. The molecular formula is C23H18F3NO2. The van der Waals surface area contributed by atoms with Crippen LogP contribution in [-0.4, -0.2) is 16.1 Å². The number of hydrogen-bond acceptors (Lipinski definition) is 2. The summed E-state index contributed by atoms with van der Waals surface area (Å²) in [6, 6.07) is 12.2. The maximum absolute atomic E-state index is 13.1. The number of fused-ring (bicyclic) bond motifs is 2. The molecule has 1 heterocycles. The molecule has 3 aromatic rings. The number of alkyl halides is 3. The van der Waals surface area contributed by atoms with Gasteiger partial charge in [-0.05, 0) is 59.7 Å². The van der Waals surface area contributed by atoms with E-state index in [1.54, 1.807) is 36.4 Å². The fourth-order valence-corrected chi connectivity index (χ4v) is 3.99. The van der Waals surface area contributed by atoms with Gasteiger partial charge in [-0.1, -0.05) is 37.3 Å². The van der Waals surface area contributed by atoms with Crippen LogP contribution in [0, 0.1) is 5.92 Å². The second-order valence-electron chi connectivity index (χ2n) is 7.44. The standard InChI is InChI=1S/C23H18F3NO2/c1-13-9-15(11-14-5-4-6-16(12-14)23(24,25)26)21-18(10-13)20(22(28)29)17-7-2-3-8-19(17)27-21/h2-8,11-13H,9-10H2,1H3,(H,28,29)/b15-11-. The molecule has 29 heavy (non-hydrogen) atoms. The highest BCUT2D eigenvalue weighted by Crippen LogP contribution is 2.39. The van der Waals surface area contributed by atoms with E-state index >= 15 is 0 Å². The van der Waals surface area contributed by atoms with E-state index in [0.717, 1.165) is 17.7 Å². The van der Waals surface area contributed by atoms with Crippen molar-refractivity contribution < 1.29 is 23.1 Å². The molecule has 0 amide bonds. The minimum atomic E-state index is -4.42. The van der Waals surface area contributed by atoms with Crippen LogP contribution in [0.1, 0.15) is 46.1 Å². The molecule has 1 atom stereocenters. The summed E-state index contributed by atoms with van der Waals surface area (Å²) in [6.45, 7) is 2.00. The molecule has 0 saturated carbocycles. The van der Waals surface area contributed by atoms with E-state index in [2.05, 4.69) is 4.98 Å². The van der Waals surface area contributed by atoms with Gasteiger partial charge < -0.3 is 5.11 Å². The maximum Gasteiger partial charge on any atom is 0.416 e. The Morgan fingerprint density at radius 2 is 1.90 bits per heavy atom. The lowest BCUT2D eigenvalue weighted by Crippen LogP contribution is -2.17. The number of aromatic carboxylic acids is 1. The van der Waals surface area contributed by atoms with Crippen molar-refractivity contribution in [3.05, 3.63) is 76.5 Å². The summed E-state index contributed by atoms with van der Waals surface area (Å²) in [5, 5.41) is 10.4. The van der Waals surface area contributed by atoms with Crippen molar-refractivity contribution in [1.82, 2.24) is 4.98 Å². The van der Waals surface area contributed by atoms with Gasteiger partial charge in [-0.3, -0.25) is 0 Å². The first-order valence-electron chi connectivity index (χ1n) is 9.27. The maximum atomic E-state index is 13.1. The molecule has 3 nitrogen and oxygen atoms in total. The summed E-state index contributed by atoms with van der Waals surface area (Å²) in [7, 11) is 0. The van der Waals surface area contributed by atoms with Gasteiger partial charge in [0.15, 0.2) is 0 Å². The van der Waals surface area contributed by atoms with E-state index in [-0.39, 0.29) is 11.5 Å². The van der Waals surface area contributed by atoms with Crippen LogP contribution >= 0.6 is 0 Å². The lowest BCUT2D eigenvalue weighted by atomic mass is 9.80. The van der Waals surface area contributed by atoms with E-state index in [0.29, 0.717) is 40.6 Å². The predicted molar refractivity (Wildman–Crippen MR) is 106 cm³/mol. The number of pyridine rings is 1. The Morgan fingerprint density at radius 3 is 2.62 bits per heavy atom. The Balaban J connectivity index is 1.93. The van der Waals surface area contributed by atoms with Gasteiger partial charge in [0.2, 0.25) is 0 Å². The summed E-state index contributed by atoms with van der Waals surface area (Å²) in [5.74, 6) is -0.868. The molecule has 0 radical (unpaired) electrons. The zero-order chi connectivity index (χ0) is 20.8. The van der Waals surface area contributed by atoms with Crippen LogP contribution < -0.4 is 0 Å². The van der Waals surface area contributed by atoms with Crippen molar-refractivity contribution in [3.63, 3.8) is 0 Å². The van der Waals surface area contributed by atoms with Crippen LogP contribution in [0.4, 0.5) is 13.2 Å². The Bertz CT molecular complexity index is 1150. The number of carbonyl (C=O) groups is 1. The van der Waals surface area contributed by atoms with Crippen molar-refractivity contribution >= 4 is 28.5 Å². The molecule has 1 aliphatic rings. The SMILES string of the molecule is CC1C/C(=C/c2cccc(C(F)(F)F)c2)c2nc3ccccc3c(C(=O)O)c2C1. The number of benzene rings is 2. The van der Waals surface area contributed by atoms with Crippen LogP contribution in [0.2, 0.25) is 0 Å². The molecule has 0 fully saturated rings. The Labute approximate surface area is 165 Å². The number of carboxylic acid groups (broad SMARTS) is 1. The Morgan fingerprint density at radius 1 is 1.14 bits per heavy atom. The lowest BCUT2D eigenvalue weighted by molar-refractivity contribution is -0.137. The topological polar surface area (TPSA) is 50.2 Å². The molecule has 2 aromatic carbocycles. The summed E-state index contributed by atoms with van der Waals surface area (Å²) >= 11 is 0. The van der Waals surface area contributed by atoms with Gasteiger partial charge in [0, 0.05) is 5.39 Å². The summed E-state index contributed by atoms with van der Waals surface area (Å²) in [6.07, 6.45) is -1.54. The Kier molecular flexibility index (Phi) is 4.65. The lowest BCUT2D eigenvalue weighted by Gasteiger charge is -2.26. The molecule has 4 rings (SSSR count). The molecule has 0 bridgehead atoms. The summed E-state index contributed by atoms with van der Waals surface area (Å²) in [5.41, 5.74) is 2.46. The number of aromatic nitrogens is 1. The van der Waals surface area contributed by atoms with Gasteiger partial charge in [0.1, 0.15) is 0 Å². The van der Waals surface area contributed by atoms with Crippen molar-refractivity contribution in [2.45, 2.75) is 25.9 Å². The minimum Gasteiger partial charge on any atom is -0.478 e. The zero-order valence-corrected chi connectivity index (χ0v) is 15.6. The largest absolute Gasteiger partial charge is 0.478 e. The summed E-state index contributed by atoms with van der Waals surface area (Å²) < 4.78 is 39.2. The van der Waals surface area contributed by atoms with Crippen molar-refractivity contribution in [2.75, 3.05) is 0 Å². The van der Waals surface area contributed by atoms with Crippen LogP contribution in [0.5, 0.6) is 0 Å². The fourth-order valence-electron chi connectivity index (χ4n) is 3.99. The number of hydrogen-bond donors (Lipinski definition) is 1. The third-order valence-corrected chi connectivity index (χ3v) is 5.19. The quantitative estimate of drug-likeness (QED) is 0.571. The fraction of sp³-hybridized carbons (Fsp3) is 0.217. The zero-order valence-electron chi connectivity index (χ0n) is 15.6. The first-order chi connectivity index (χ1) is 13.7. The molecule has 6 heteroatoms. The molecule has 1 unspecified atom stereocenters. The van der Waals surface area contributed by atoms with Gasteiger partial charge in [0.05, 0.1) is 22.3 Å². The predicted octanol–water partition coefficient (Wildman–Crippen LogP) is 6.07.